The molecule has 0 saturated carbocycles. The SMILES string of the molecule is O=C(Cc1ccc2c(c1)OCO2)C1CCOCC1. The van der Waals surface area contributed by atoms with Crippen molar-refractivity contribution in [1.82, 2.24) is 0 Å². The third kappa shape index (κ3) is 2.34. The molecule has 0 spiro atoms. The molecule has 1 fully saturated rings. The van der Waals surface area contributed by atoms with E-state index in [-0.39, 0.29) is 12.7 Å². The minimum absolute atomic E-state index is 0.157. The Morgan fingerprint density at radius 2 is 1.94 bits per heavy atom. The van der Waals surface area contributed by atoms with Gasteiger partial charge in [0.05, 0.1) is 0 Å². The largest absolute Gasteiger partial charge is 0.454 e. The maximum Gasteiger partial charge on any atom is 0.231 e. The number of ketones is 1. The van der Waals surface area contributed by atoms with E-state index in [1.54, 1.807) is 0 Å². The number of hydrogen-bond donors (Lipinski definition) is 0. The summed E-state index contributed by atoms with van der Waals surface area (Å²) in [5.74, 6) is 1.96. The monoisotopic (exact) mass is 248 g/mol. The van der Waals surface area contributed by atoms with Gasteiger partial charge in [0.2, 0.25) is 6.79 Å². The summed E-state index contributed by atoms with van der Waals surface area (Å²) in [5, 5.41) is 0. The van der Waals surface area contributed by atoms with Gasteiger partial charge in [-0.15, -0.1) is 0 Å². The maximum atomic E-state index is 12.1. The van der Waals surface area contributed by atoms with Crippen LogP contribution in [0.4, 0.5) is 0 Å². The van der Waals surface area contributed by atoms with Gasteiger partial charge in [0.25, 0.3) is 0 Å². The number of hydrogen-bond acceptors (Lipinski definition) is 4. The number of carbonyl (C=O) groups is 1. The Bertz CT molecular complexity index is 449. The summed E-state index contributed by atoms with van der Waals surface area (Å²) in [7, 11) is 0. The van der Waals surface area contributed by atoms with Crippen LogP contribution in [0.25, 0.3) is 0 Å². The van der Waals surface area contributed by atoms with E-state index in [1.807, 2.05) is 18.2 Å². The summed E-state index contributed by atoms with van der Waals surface area (Å²) in [6, 6.07) is 5.71. The van der Waals surface area contributed by atoms with Crippen molar-refractivity contribution < 1.29 is 19.0 Å². The summed E-state index contributed by atoms with van der Waals surface area (Å²) in [5.41, 5.74) is 0.996. The van der Waals surface area contributed by atoms with E-state index in [0.717, 1.165) is 29.9 Å². The number of Topliss-reactive ketones (excluding diaryl/α,β-unsaturated/α-hetero) is 1. The number of rotatable bonds is 3. The van der Waals surface area contributed by atoms with E-state index < -0.39 is 0 Å². The van der Waals surface area contributed by atoms with Gasteiger partial charge in [-0.05, 0) is 30.5 Å². The normalized spacial score (nSPS) is 18.9. The molecule has 2 aliphatic heterocycles. The van der Waals surface area contributed by atoms with Crippen LogP contribution in [0.2, 0.25) is 0 Å². The zero-order chi connectivity index (χ0) is 12.4. The molecule has 0 aliphatic carbocycles. The molecule has 0 N–H and O–H groups in total. The Hall–Kier alpha value is -1.55. The molecule has 3 rings (SSSR count). The molecule has 18 heavy (non-hydrogen) atoms. The first kappa shape index (κ1) is 11.5. The molecule has 96 valence electrons. The standard InChI is InChI=1S/C14H16O4/c15-12(11-3-5-16-6-4-11)7-10-1-2-13-14(8-10)18-9-17-13/h1-2,8,11H,3-7,9H2. The third-order valence-electron chi connectivity index (χ3n) is 3.49. The quantitative estimate of drug-likeness (QED) is 0.820. The fraction of sp³-hybridized carbons (Fsp3) is 0.500. The summed E-state index contributed by atoms with van der Waals surface area (Å²) in [6.45, 7) is 1.68. The van der Waals surface area contributed by atoms with Crippen molar-refractivity contribution in [3.05, 3.63) is 23.8 Å². The zero-order valence-electron chi connectivity index (χ0n) is 10.2. The average Bonchev–Trinajstić information content (AvgIpc) is 2.87. The molecule has 4 nitrogen and oxygen atoms in total. The molecule has 2 aliphatic rings. The Kier molecular flexibility index (Phi) is 3.19. The van der Waals surface area contributed by atoms with Gasteiger partial charge in [0.1, 0.15) is 5.78 Å². The first-order valence-corrected chi connectivity index (χ1v) is 6.32. The summed E-state index contributed by atoms with van der Waals surface area (Å²) in [4.78, 5) is 12.1. The zero-order valence-corrected chi connectivity index (χ0v) is 10.2. The smallest absolute Gasteiger partial charge is 0.231 e. The highest BCUT2D eigenvalue weighted by atomic mass is 16.7. The molecule has 0 radical (unpaired) electrons. The molecule has 0 aromatic heterocycles. The first-order valence-electron chi connectivity index (χ1n) is 6.32. The van der Waals surface area contributed by atoms with Crippen LogP contribution in [-0.2, 0) is 16.0 Å². The molecule has 1 saturated heterocycles. The predicted octanol–water partition coefficient (Wildman–Crippen LogP) is 1.95. The number of benzene rings is 1. The second-order valence-electron chi connectivity index (χ2n) is 4.72. The Balaban J connectivity index is 1.66. The van der Waals surface area contributed by atoms with Crippen molar-refractivity contribution in [3.8, 4) is 11.5 Å². The first-order chi connectivity index (χ1) is 8.83. The molecule has 0 bridgehead atoms. The van der Waals surface area contributed by atoms with Gasteiger partial charge in [-0.3, -0.25) is 4.79 Å². The van der Waals surface area contributed by atoms with E-state index in [9.17, 15) is 4.79 Å². The maximum absolute atomic E-state index is 12.1. The van der Waals surface area contributed by atoms with Crippen LogP contribution in [-0.4, -0.2) is 25.8 Å². The van der Waals surface area contributed by atoms with Crippen LogP contribution in [0.15, 0.2) is 18.2 Å². The molecule has 1 aromatic carbocycles. The van der Waals surface area contributed by atoms with E-state index in [2.05, 4.69) is 0 Å². The summed E-state index contributed by atoms with van der Waals surface area (Å²) < 4.78 is 15.8. The molecular weight excluding hydrogens is 232 g/mol. The van der Waals surface area contributed by atoms with Crippen molar-refractivity contribution in [2.75, 3.05) is 20.0 Å². The second kappa shape index (κ2) is 4.98. The van der Waals surface area contributed by atoms with Gasteiger partial charge in [-0.1, -0.05) is 6.07 Å². The van der Waals surface area contributed by atoms with Gasteiger partial charge < -0.3 is 14.2 Å². The molecule has 0 unspecified atom stereocenters. The molecule has 4 heteroatoms. The predicted molar refractivity (Wildman–Crippen MR) is 64.8 cm³/mol. The number of ether oxygens (including phenoxy) is 3. The minimum Gasteiger partial charge on any atom is -0.454 e. The average molecular weight is 248 g/mol. The Morgan fingerprint density at radius 3 is 2.78 bits per heavy atom. The lowest BCUT2D eigenvalue weighted by Gasteiger charge is -2.20. The van der Waals surface area contributed by atoms with Crippen molar-refractivity contribution >= 4 is 5.78 Å². The van der Waals surface area contributed by atoms with Crippen molar-refractivity contribution in [1.29, 1.82) is 0 Å². The van der Waals surface area contributed by atoms with Crippen LogP contribution in [0, 0.1) is 5.92 Å². The third-order valence-corrected chi connectivity index (χ3v) is 3.49. The van der Waals surface area contributed by atoms with E-state index in [1.165, 1.54) is 0 Å². The van der Waals surface area contributed by atoms with Gasteiger partial charge in [0, 0.05) is 25.6 Å². The fourth-order valence-electron chi connectivity index (χ4n) is 2.42. The summed E-state index contributed by atoms with van der Waals surface area (Å²) in [6.07, 6.45) is 2.17. The fourth-order valence-corrected chi connectivity index (χ4v) is 2.42. The van der Waals surface area contributed by atoms with E-state index in [0.29, 0.717) is 25.4 Å². The Labute approximate surface area is 106 Å². The van der Waals surface area contributed by atoms with Gasteiger partial charge in [-0.25, -0.2) is 0 Å². The van der Waals surface area contributed by atoms with Crippen LogP contribution in [0.3, 0.4) is 0 Å². The lowest BCUT2D eigenvalue weighted by molar-refractivity contribution is -0.125. The van der Waals surface area contributed by atoms with Crippen molar-refractivity contribution in [3.63, 3.8) is 0 Å². The summed E-state index contributed by atoms with van der Waals surface area (Å²) >= 11 is 0. The van der Waals surface area contributed by atoms with Crippen molar-refractivity contribution in [2.45, 2.75) is 19.3 Å². The Morgan fingerprint density at radius 1 is 1.17 bits per heavy atom. The van der Waals surface area contributed by atoms with Crippen molar-refractivity contribution in [2.24, 2.45) is 5.92 Å². The van der Waals surface area contributed by atoms with Crippen LogP contribution >= 0.6 is 0 Å². The topological polar surface area (TPSA) is 44.8 Å². The molecule has 2 heterocycles. The highest BCUT2D eigenvalue weighted by molar-refractivity contribution is 5.83. The molecule has 0 amide bonds. The lowest BCUT2D eigenvalue weighted by Crippen LogP contribution is -2.24. The molecule has 0 atom stereocenters. The van der Waals surface area contributed by atoms with Gasteiger partial charge in [0.15, 0.2) is 11.5 Å². The van der Waals surface area contributed by atoms with Crippen LogP contribution in [0.5, 0.6) is 11.5 Å². The number of fused-ring (bicyclic) bond motifs is 1. The molecule has 1 aromatic rings. The highest BCUT2D eigenvalue weighted by Crippen LogP contribution is 2.33. The van der Waals surface area contributed by atoms with E-state index in [4.69, 9.17) is 14.2 Å². The van der Waals surface area contributed by atoms with Gasteiger partial charge in [-0.2, -0.15) is 0 Å². The second-order valence-corrected chi connectivity index (χ2v) is 4.72. The molecular formula is C14H16O4. The van der Waals surface area contributed by atoms with Crippen LogP contribution in [0.1, 0.15) is 18.4 Å². The van der Waals surface area contributed by atoms with Gasteiger partial charge >= 0.3 is 0 Å². The minimum atomic E-state index is 0.157. The highest BCUT2D eigenvalue weighted by Gasteiger charge is 2.22. The van der Waals surface area contributed by atoms with E-state index >= 15 is 0 Å². The lowest BCUT2D eigenvalue weighted by atomic mass is 9.91. The number of carbonyl (C=O) groups excluding carboxylic acids is 1. The van der Waals surface area contributed by atoms with Crippen LogP contribution < -0.4 is 9.47 Å².